The summed E-state index contributed by atoms with van der Waals surface area (Å²) in [6.45, 7) is 3.91. The van der Waals surface area contributed by atoms with Gasteiger partial charge in [-0.3, -0.25) is 9.40 Å². The standard InChI is InChI=1S/C12H13BrClN3O2S/c1-8(2)17-7-10(6-15-17)16-20(18,19)12-4-3-9(13)5-11(12)14/h3-8,16H,1-2H3. The minimum atomic E-state index is -3.73. The van der Waals surface area contributed by atoms with Gasteiger partial charge < -0.3 is 0 Å². The molecule has 1 heterocycles. The number of aromatic nitrogens is 2. The highest BCUT2D eigenvalue weighted by Crippen LogP contribution is 2.26. The van der Waals surface area contributed by atoms with Crippen LogP contribution in [0.5, 0.6) is 0 Å². The SMILES string of the molecule is CC(C)n1cc(NS(=O)(=O)c2ccc(Br)cc2Cl)cn1. The molecule has 0 unspecified atom stereocenters. The molecule has 0 fully saturated rings. The Labute approximate surface area is 131 Å². The minimum Gasteiger partial charge on any atom is -0.276 e. The van der Waals surface area contributed by atoms with Gasteiger partial charge in [0.05, 0.1) is 16.9 Å². The number of anilines is 1. The van der Waals surface area contributed by atoms with Crippen molar-refractivity contribution in [2.75, 3.05) is 4.72 Å². The van der Waals surface area contributed by atoms with Gasteiger partial charge in [0.1, 0.15) is 4.90 Å². The Kier molecular flexibility index (Phi) is 4.41. The van der Waals surface area contributed by atoms with E-state index in [1.54, 1.807) is 16.9 Å². The van der Waals surface area contributed by atoms with Gasteiger partial charge in [0.15, 0.2) is 0 Å². The van der Waals surface area contributed by atoms with Gasteiger partial charge in [0.25, 0.3) is 10.0 Å². The summed E-state index contributed by atoms with van der Waals surface area (Å²) in [5.74, 6) is 0. The largest absolute Gasteiger partial charge is 0.276 e. The van der Waals surface area contributed by atoms with Crippen molar-refractivity contribution < 1.29 is 8.42 Å². The molecule has 0 atom stereocenters. The number of benzene rings is 1. The molecule has 0 aliphatic carbocycles. The molecule has 5 nitrogen and oxygen atoms in total. The fourth-order valence-corrected chi connectivity index (χ4v) is 3.64. The summed E-state index contributed by atoms with van der Waals surface area (Å²) in [4.78, 5) is 0.0275. The molecule has 2 aromatic rings. The van der Waals surface area contributed by atoms with Crippen LogP contribution in [0.15, 0.2) is 40.0 Å². The molecule has 0 radical (unpaired) electrons. The Bertz CT molecular complexity index is 728. The lowest BCUT2D eigenvalue weighted by atomic mass is 10.4. The van der Waals surface area contributed by atoms with Crippen LogP contribution in [0.1, 0.15) is 19.9 Å². The van der Waals surface area contributed by atoms with Crippen molar-refractivity contribution >= 4 is 43.2 Å². The second-order valence-electron chi connectivity index (χ2n) is 4.48. The zero-order valence-corrected chi connectivity index (χ0v) is 14.0. The number of hydrogen-bond donors (Lipinski definition) is 1. The van der Waals surface area contributed by atoms with Crippen molar-refractivity contribution in [1.82, 2.24) is 9.78 Å². The monoisotopic (exact) mass is 377 g/mol. The van der Waals surface area contributed by atoms with Gasteiger partial charge >= 0.3 is 0 Å². The molecular weight excluding hydrogens is 366 g/mol. The lowest BCUT2D eigenvalue weighted by Gasteiger charge is -2.08. The first-order valence-electron chi connectivity index (χ1n) is 5.81. The van der Waals surface area contributed by atoms with Crippen molar-refractivity contribution in [2.24, 2.45) is 0 Å². The molecule has 0 spiro atoms. The van der Waals surface area contributed by atoms with Crippen LogP contribution in [-0.2, 0) is 10.0 Å². The summed E-state index contributed by atoms with van der Waals surface area (Å²) in [5, 5.41) is 4.23. The number of nitrogens with zero attached hydrogens (tertiary/aromatic N) is 2. The van der Waals surface area contributed by atoms with Crippen molar-refractivity contribution in [3.63, 3.8) is 0 Å². The van der Waals surface area contributed by atoms with Crippen LogP contribution in [-0.4, -0.2) is 18.2 Å². The average molecular weight is 379 g/mol. The molecule has 0 amide bonds. The van der Waals surface area contributed by atoms with Gasteiger partial charge in [-0.2, -0.15) is 5.10 Å². The van der Waals surface area contributed by atoms with Crippen molar-refractivity contribution in [2.45, 2.75) is 24.8 Å². The van der Waals surface area contributed by atoms with Gasteiger partial charge in [0.2, 0.25) is 0 Å². The van der Waals surface area contributed by atoms with E-state index in [4.69, 9.17) is 11.6 Å². The number of hydrogen-bond acceptors (Lipinski definition) is 3. The molecule has 1 N–H and O–H groups in total. The van der Waals surface area contributed by atoms with Crippen LogP contribution in [0.2, 0.25) is 5.02 Å². The van der Waals surface area contributed by atoms with E-state index in [1.807, 2.05) is 13.8 Å². The third-order valence-corrected chi connectivity index (χ3v) is 4.92. The summed E-state index contributed by atoms with van der Waals surface area (Å²) in [6.07, 6.45) is 3.10. The quantitative estimate of drug-likeness (QED) is 0.882. The highest BCUT2D eigenvalue weighted by Gasteiger charge is 2.19. The predicted octanol–water partition coefficient (Wildman–Crippen LogP) is 3.68. The highest BCUT2D eigenvalue weighted by atomic mass is 79.9. The van der Waals surface area contributed by atoms with E-state index in [9.17, 15) is 8.42 Å². The normalized spacial score (nSPS) is 11.8. The third kappa shape index (κ3) is 3.34. The van der Waals surface area contributed by atoms with E-state index < -0.39 is 10.0 Å². The van der Waals surface area contributed by atoms with E-state index >= 15 is 0 Å². The molecule has 20 heavy (non-hydrogen) atoms. The Balaban J connectivity index is 2.30. The van der Waals surface area contributed by atoms with Crippen LogP contribution in [0.25, 0.3) is 0 Å². The summed E-state index contributed by atoms with van der Waals surface area (Å²) in [5.41, 5.74) is 0.401. The topological polar surface area (TPSA) is 64.0 Å². The Morgan fingerprint density at radius 1 is 1.40 bits per heavy atom. The van der Waals surface area contributed by atoms with Crippen LogP contribution in [0.3, 0.4) is 0 Å². The van der Waals surface area contributed by atoms with Gasteiger partial charge in [-0.1, -0.05) is 27.5 Å². The van der Waals surface area contributed by atoms with Crippen LogP contribution >= 0.6 is 27.5 Å². The molecule has 8 heteroatoms. The lowest BCUT2D eigenvalue weighted by molar-refractivity contribution is 0.532. The summed E-state index contributed by atoms with van der Waals surface area (Å²) in [6, 6.07) is 4.76. The molecule has 2 rings (SSSR count). The van der Waals surface area contributed by atoms with Gasteiger partial charge in [0, 0.05) is 16.7 Å². The smallest absolute Gasteiger partial charge is 0.263 e. The Morgan fingerprint density at radius 2 is 2.10 bits per heavy atom. The molecule has 1 aromatic heterocycles. The van der Waals surface area contributed by atoms with Crippen LogP contribution in [0, 0.1) is 0 Å². The fraction of sp³-hybridized carbons (Fsp3) is 0.250. The summed E-state index contributed by atoms with van der Waals surface area (Å²) < 4.78 is 29.4. The van der Waals surface area contributed by atoms with Crippen molar-refractivity contribution in [3.8, 4) is 0 Å². The first-order chi connectivity index (χ1) is 9.29. The zero-order chi connectivity index (χ0) is 14.9. The maximum Gasteiger partial charge on any atom is 0.263 e. The molecule has 0 aliphatic rings. The van der Waals surface area contributed by atoms with Gasteiger partial charge in [-0.15, -0.1) is 0 Å². The number of sulfonamides is 1. The molecule has 1 aromatic carbocycles. The van der Waals surface area contributed by atoms with Gasteiger partial charge in [-0.25, -0.2) is 8.42 Å². The first-order valence-corrected chi connectivity index (χ1v) is 8.47. The molecular formula is C12H13BrClN3O2S. The third-order valence-electron chi connectivity index (χ3n) is 2.57. The maximum atomic E-state index is 12.3. The number of rotatable bonds is 4. The van der Waals surface area contributed by atoms with E-state index in [0.717, 1.165) is 0 Å². The van der Waals surface area contributed by atoms with Crippen LogP contribution < -0.4 is 4.72 Å². The molecule has 0 saturated carbocycles. The van der Waals surface area contributed by atoms with E-state index in [1.165, 1.54) is 18.3 Å². The molecule has 0 aliphatic heterocycles. The summed E-state index contributed by atoms with van der Waals surface area (Å²) >= 11 is 9.20. The van der Waals surface area contributed by atoms with Crippen molar-refractivity contribution in [3.05, 3.63) is 40.1 Å². The predicted molar refractivity (Wildman–Crippen MR) is 82.6 cm³/mol. The van der Waals surface area contributed by atoms with E-state index in [-0.39, 0.29) is 16.0 Å². The second-order valence-corrected chi connectivity index (χ2v) is 7.46. The Morgan fingerprint density at radius 3 is 2.65 bits per heavy atom. The molecule has 0 saturated heterocycles. The Hall–Kier alpha value is -1.05. The molecule has 108 valence electrons. The van der Waals surface area contributed by atoms with E-state index in [2.05, 4.69) is 25.8 Å². The minimum absolute atomic E-state index is 0.0275. The number of halogens is 2. The molecule has 0 bridgehead atoms. The van der Waals surface area contributed by atoms with Crippen molar-refractivity contribution in [1.29, 1.82) is 0 Å². The maximum absolute atomic E-state index is 12.3. The first kappa shape index (κ1) is 15.3. The summed E-state index contributed by atoms with van der Waals surface area (Å²) in [7, 11) is -3.73. The average Bonchev–Trinajstić information content (AvgIpc) is 2.76. The van der Waals surface area contributed by atoms with E-state index in [0.29, 0.717) is 10.2 Å². The fourth-order valence-electron chi connectivity index (χ4n) is 1.58. The lowest BCUT2D eigenvalue weighted by Crippen LogP contribution is -2.13. The number of nitrogens with one attached hydrogen (secondary N) is 1. The zero-order valence-electron chi connectivity index (χ0n) is 10.8. The van der Waals surface area contributed by atoms with Gasteiger partial charge in [-0.05, 0) is 32.0 Å². The second kappa shape index (κ2) is 5.75. The highest BCUT2D eigenvalue weighted by molar-refractivity contribution is 9.10. The van der Waals surface area contributed by atoms with Crippen LogP contribution in [0.4, 0.5) is 5.69 Å².